The molecule has 56 heavy (non-hydrogen) atoms. The Balaban J connectivity index is 1.39. The van der Waals surface area contributed by atoms with Gasteiger partial charge in [0.2, 0.25) is 0 Å². The van der Waals surface area contributed by atoms with Crippen LogP contribution >= 0.6 is 0 Å². The fraction of sp³-hybridized carbons (Fsp3) is 0.690. The van der Waals surface area contributed by atoms with Gasteiger partial charge in [-0.15, -0.1) is 0 Å². The second-order valence-electron chi connectivity index (χ2n) is 16.9. The summed E-state index contributed by atoms with van der Waals surface area (Å²) in [7, 11) is 3.68. The SMILES string of the molecule is C[C@@H]1C[C@H](N(C)C)[C@@H](O)[C@H](OC2[C@@H](C)C[C@@H](C)C(=O)[C@H](C)[C@@H]3N(CCCCn4cnc(-c5ccccc5)c4)C(=O)O[C@]3(C)[C@@H](C)OC(=O)[C@@](C)(F)C(=O)[C@@H]2C)O1. The fourth-order valence-corrected chi connectivity index (χ4v) is 8.90. The van der Waals surface area contributed by atoms with Gasteiger partial charge in [-0.05, 0) is 73.4 Å². The van der Waals surface area contributed by atoms with Crippen LogP contribution in [-0.4, -0.2) is 123 Å². The minimum Gasteiger partial charge on any atom is -0.456 e. The van der Waals surface area contributed by atoms with Crippen molar-refractivity contribution in [2.75, 3.05) is 20.6 Å². The van der Waals surface area contributed by atoms with Gasteiger partial charge in [0.15, 0.2) is 17.7 Å². The van der Waals surface area contributed by atoms with Crippen LogP contribution in [0.4, 0.5) is 9.18 Å². The number of aliphatic hydroxyl groups is 1. The van der Waals surface area contributed by atoms with Gasteiger partial charge in [0, 0.05) is 48.6 Å². The number of benzene rings is 1. The van der Waals surface area contributed by atoms with Gasteiger partial charge in [-0.1, -0.05) is 58.0 Å². The Morgan fingerprint density at radius 2 is 1.62 bits per heavy atom. The zero-order valence-electron chi connectivity index (χ0n) is 34.5. The summed E-state index contributed by atoms with van der Waals surface area (Å²) in [5, 5.41) is 11.3. The van der Waals surface area contributed by atoms with E-state index in [1.165, 1.54) is 18.7 Å². The number of hydrogen-bond donors (Lipinski definition) is 1. The molecule has 1 N–H and O–H groups in total. The first-order valence-electron chi connectivity index (χ1n) is 20.0. The Kier molecular flexibility index (Phi) is 13.5. The van der Waals surface area contributed by atoms with Crippen LogP contribution in [0.5, 0.6) is 0 Å². The molecule has 13 atom stereocenters. The number of carbonyl (C=O) groups excluding carboxylic acids is 4. The second-order valence-corrected chi connectivity index (χ2v) is 16.9. The maximum Gasteiger partial charge on any atom is 0.410 e. The number of alkyl halides is 1. The summed E-state index contributed by atoms with van der Waals surface area (Å²) >= 11 is 0. The highest BCUT2D eigenvalue weighted by Gasteiger charge is 2.60. The van der Waals surface area contributed by atoms with Crippen LogP contribution in [0.15, 0.2) is 42.9 Å². The summed E-state index contributed by atoms with van der Waals surface area (Å²) < 4.78 is 42.6. The number of nitrogens with zero attached hydrogens (tertiary/aromatic N) is 4. The summed E-state index contributed by atoms with van der Waals surface area (Å²) in [5.74, 6) is -5.75. The Hall–Kier alpha value is -3.72. The lowest BCUT2D eigenvalue weighted by atomic mass is 9.75. The normalized spacial score (nSPS) is 37.6. The number of aryl methyl sites for hydroxylation is 1. The van der Waals surface area contributed by atoms with E-state index in [1.54, 1.807) is 34.0 Å². The molecule has 1 aromatic carbocycles. The zero-order valence-corrected chi connectivity index (χ0v) is 34.5. The molecule has 0 radical (unpaired) electrons. The zero-order chi connectivity index (χ0) is 41.3. The summed E-state index contributed by atoms with van der Waals surface area (Å²) in [5.41, 5.74) is -2.78. The molecule has 14 heteroatoms. The Morgan fingerprint density at radius 3 is 2.29 bits per heavy atom. The molecule has 310 valence electrons. The number of likely N-dealkylation sites (N-methyl/N-ethyl adjacent to an activating group) is 1. The molecule has 1 unspecified atom stereocenters. The maximum absolute atomic E-state index is 16.6. The van der Waals surface area contributed by atoms with Crippen LogP contribution in [0.3, 0.4) is 0 Å². The van der Waals surface area contributed by atoms with E-state index in [0.29, 0.717) is 25.8 Å². The van der Waals surface area contributed by atoms with Gasteiger partial charge in [0.1, 0.15) is 18.0 Å². The highest BCUT2D eigenvalue weighted by molar-refractivity contribution is 6.07. The van der Waals surface area contributed by atoms with Crippen molar-refractivity contribution in [2.24, 2.45) is 23.7 Å². The number of ketones is 2. The minimum absolute atomic E-state index is 0.151. The average Bonchev–Trinajstić information content (AvgIpc) is 3.73. The summed E-state index contributed by atoms with van der Waals surface area (Å²) in [4.78, 5) is 63.6. The molecule has 3 aliphatic rings. The number of amides is 1. The highest BCUT2D eigenvalue weighted by Crippen LogP contribution is 2.42. The Bertz CT molecular complexity index is 1700. The number of cyclic esters (lactones) is 1. The van der Waals surface area contributed by atoms with Crippen LogP contribution in [0.25, 0.3) is 11.3 Å². The van der Waals surface area contributed by atoms with Gasteiger partial charge in [-0.25, -0.2) is 19.0 Å². The van der Waals surface area contributed by atoms with Gasteiger partial charge in [0.05, 0.1) is 30.3 Å². The minimum atomic E-state index is -3.10. The van der Waals surface area contributed by atoms with Gasteiger partial charge in [-0.3, -0.25) is 9.59 Å². The van der Waals surface area contributed by atoms with E-state index >= 15 is 4.39 Å². The molecule has 0 bridgehead atoms. The third-order valence-corrected chi connectivity index (χ3v) is 12.3. The van der Waals surface area contributed by atoms with E-state index < -0.39 is 83.4 Å². The predicted molar refractivity (Wildman–Crippen MR) is 206 cm³/mol. The number of carbonyl (C=O) groups is 4. The molecule has 1 aromatic heterocycles. The molecule has 0 saturated carbocycles. The number of halogens is 1. The lowest BCUT2D eigenvalue weighted by molar-refractivity contribution is -0.278. The number of ether oxygens (including phenoxy) is 4. The average molecular weight is 785 g/mol. The van der Waals surface area contributed by atoms with Crippen LogP contribution in [-0.2, 0) is 39.9 Å². The van der Waals surface area contributed by atoms with Crippen molar-refractivity contribution >= 4 is 23.6 Å². The molecule has 2 aromatic rings. The molecule has 3 aliphatic heterocycles. The van der Waals surface area contributed by atoms with E-state index in [0.717, 1.165) is 18.2 Å². The predicted octanol–water partition coefficient (Wildman–Crippen LogP) is 5.47. The molecule has 3 saturated heterocycles. The quantitative estimate of drug-likeness (QED) is 0.196. The number of unbranched alkanes of at least 4 members (excludes halogenated alkanes) is 1. The molecule has 5 rings (SSSR count). The van der Waals surface area contributed by atoms with E-state index in [9.17, 15) is 24.3 Å². The third-order valence-electron chi connectivity index (χ3n) is 12.3. The smallest absolute Gasteiger partial charge is 0.410 e. The topological polar surface area (TPSA) is 150 Å². The van der Waals surface area contributed by atoms with Gasteiger partial charge >= 0.3 is 12.1 Å². The number of imidazole rings is 1. The number of esters is 1. The third kappa shape index (κ3) is 8.88. The van der Waals surface area contributed by atoms with Crippen molar-refractivity contribution in [3.8, 4) is 11.3 Å². The molecule has 4 heterocycles. The van der Waals surface area contributed by atoms with E-state index in [-0.39, 0.29) is 30.9 Å². The van der Waals surface area contributed by atoms with Crippen LogP contribution < -0.4 is 0 Å². The molecule has 3 fully saturated rings. The maximum atomic E-state index is 16.6. The largest absolute Gasteiger partial charge is 0.456 e. The number of hydrogen-bond acceptors (Lipinski definition) is 11. The molecule has 0 aliphatic carbocycles. The van der Waals surface area contributed by atoms with Crippen LogP contribution in [0.1, 0.15) is 81.1 Å². The Labute approximate surface area is 330 Å². The van der Waals surface area contributed by atoms with Crippen molar-refractivity contribution in [3.05, 3.63) is 42.9 Å². The standard InChI is InChI=1S/C42H61FN4O9/c1-24-20-25(2)35(55-38-34(49)32(45(9)10)21-26(3)53-38)28(5)37(50)41(7,43)39(51)54-29(6)42(8)36(27(4)33(24)48)47(40(52)56-42)19-15-14-18-46-22-31(44-23-46)30-16-12-11-13-17-30/h11-13,16-17,22-29,32,34-36,38,49H,14-15,18-21H2,1-10H3/t24-,25+,26-,27+,28-,29-,32+,34-,35?,36+,38+,41+,42-/m1/s1. The van der Waals surface area contributed by atoms with Crippen LogP contribution in [0.2, 0.25) is 0 Å². The van der Waals surface area contributed by atoms with Gasteiger partial charge < -0.3 is 38.4 Å². The van der Waals surface area contributed by atoms with Crippen molar-refractivity contribution in [2.45, 2.75) is 142 Å². The second kappa shape index (κ2) is 17.4. The van der Waals surface area contributed by atoms with E-state index in [4.69, 9.17) is 18.9 Å². The number of Topliss-reactive ketones (excluding diaryl/α,β-unsaturated/α-hetero) is 2. The van der Waals surface area contributed by atoms with Crippen LogP contribution in [0, 0.1) is 23.7 Å². The van der Waals surface area contributed by atoms with E-state index in [1.807, 2.05) is 67.0 Å². The highest BCUT2D eigenvalue weighted by atomic mass is 19.1. The number of fused-ring (bicyclic) bond motifs is 1. The van der Waals surface area contributed by atoms with Crippen molar-refractivity contribution in [1.82, 2.24) is 19.4 Å². The first kappa shape index (κ1) is 43.4. The fourth-order valence-electron chi connectivity index (χ4n) is 8.90. The van der Waals surface area contributed by atoms with Crippen molar-refractivity contribution < 1.29 is 47.6 Å². The van der Waals surface area contributed by atoms with Gasteiger partial charge in [-0.2, -0.15) is 0 Å². The van der Waals surface area contributed by atoms with Crippen molar-refractivity contribution in [1.29, 1.82) is 0 Å². The first-order chi connectivity index (χ1) is 26.3. The monoisotopic (exact) mass is 784 g/mol. The lowest BCUT2D eigenvalue weighted by Crippen LogP contribution is -2.59. The first-order valence-corrected chi connectivity index (χ1v) is 20.0. The molecule has 1 amide bonds. The van der Waals surface area contributed by atoms with Gasteiger partial charge in [0.25, 0.3) is 5.67 Å². The van der Waals surface area contributed by atoms with Crippen molar-refractivity contribution in [3.63, 3.8) is 0 Å². The Morgan fingerprint density at radius 1 is 0.964 bits per heavy atom. The van der Waals surface area contributed by atoms with E-state index in [2.05, 4.69) is 4.98 Å². The number of aliphatic hydroxyl groups excluding tert-OH is 1. The lowest BCUT2D eigenvalue weighted by Gasteiger charge is -2.44. The molecule has 0 spiro atoms. The molecular formula is C42H61FN4O9. The molecule has 13 nitrogen and oxygen atoms in total. The summed E-state index contributed by atoms with van der Waals surface area (Å²) in [6.07, 6.45) is 0.317. The number of aromatic nitrogens is 2. The summed E-state index contributed by atoms with van der Waals surface area (Å²) in [6.45, 7) is 13.5. The summed E-state index contributed by atoms with van der Waals surface area (Å²) in [6, 6.07) is 8.68. The molecular weight excluding hydrogens is 723 g/mol. The number of rotatable bonds is 9.